The third-order valence-electron chi connectivity index (χ3n) is 4.85. The van der Waals surface area contributed by atoms with Gasteiger partial charge in [0.25, 0.3) is 5.91 Å². The Morgan fingerprint density at radius 2 is 1.75 bits per heavy atom. The molecule has 0 radical (unpaired) electrons. The van der Waals surface area contributed by atoms with Gasteiger partial charge in [0.05, 0.1) is 11.1 Å². The van der Waals surface area contributed by atoms with Gasteiger partial charge in [0.1, 0.15) is 5.60 Å². The van der Waals surface area contributed by atoms with Gasteiger partial charge in [0, 0.05) is 29.7 Å². The number of alkyl halides is 3. The Morgan fingerprint density at radius 1 is 1.11 bits per heavy atom. The predicted octanol–water partition coefficient (Wildman–Crippen LogP) is 4.69. The van der Waals surface area contributed by atoms with E-state index in [9.17, 15) is 22.8 Å². The van der Waals surface area contributed by atoms with Crippen LogP contribution in [0.2, 0.25) is 0 Å². The summed E-state index contributed by atoms with van der Waals surface area (Å²) in [7, 11) is 0. The number of hydrogen-bond acceptors (Lipinski definition) is 3. The normalized spacial score (nSPS) is 19.0. The van der Waals surface area contributed by atoms with E-state index in [1.165, 1.54) is 6.07 Å². The Labute approximate surface area is 169 Å². The van der Waals surface area contributed by atoms with Crippen molar-refractivity contribution < 1.29 is 27.5 Å². The summed E-state index contributed by atoms with van der Waals surface area (Å²) in [5.74, 6) is -0.451. The van der Waals surface area contributed by atoms with Crippen molar-refractivity contribution in [1.29, 1.82) is 0 Å². The van der Waals surface area contributed by atoms with Crippen molar-refractivity contribution in [3.05, 3.63) is 33.8 Å². The van der Waals surface area contributed by atoms with Crippen LogP contribution in [0.15, 0.2) is 22.7 Å². The molecule has 5 nitrogen and oxygen atoms in total. The van der Waals surface area contributed by atoms with Gasteiger partial charge in [-0.15, -0.1) is 0 Å². The molecule has 1 spiro atoms. The monoisotopic (exact) mass is 462 g/mol. The lowest BCUT2D eigenvalue weighted by molar-refractivity contribution is -0.137. The van der Waals surface area contributed by atoms with Crippen LogP contribution in [-0.4, -0.2) is 52.6 Å². The van der Waals surface area contributed by atoms with E-state index in [2.05, 4.69) is 15.9 Å². The Hall–Kier alpha value is -1.77. The van der Waals surface area contributed by atoms with Crippen molar-refractivity contribution in [2.45, 2.75) is 50.9 Å². The van der Waals surface area contributed by atoms with E-state index in [4.69, 9.17) is 4.74 Å². The average Bonchev–Trinajstić information content (AvgIpc) is 3.30. The van der Waals surface area contributed by atoms with Crippen LogP contribution in [-0.2, 0) is 10.9 Å². The lowest BCUT2D eigenvalue weighted by Crippen LogP contribution is -2.58. The molecule has 154 valence electrons. The van der Waals surface area contributed by atoms with Crippen LogP contribution in [0.3, 0.4) is 0 Å². The number of carbonyl (C=O) groups is 2. The lowest BCUT2D eigenvalue weighted by atomic mass is 10.1. The Balaban J connectivity index is 1.78. The second kappa shape index (κ2) is 6.93. The van der Waals surface area contributed by atoms with Crippen molar-refractivity contribution in [2.24, 2.45) is 0 Å². The summed E-state index contributed by atoms with van der Waals surface area (Å²) >= 11 is 3.06. The number of carbonyl (C=O) groups excluding carboxylic acids is 2. The van der Waals surface area contributed by atoms with E-state index in [-0.39, 0.29) is 23.1 Å². The topological polar surface area (TPSA) is 49.9 Å². The van der Waals surface area contributed by atoms with Crippen LogP contribution in [0, 0.1) is 0 Å². The van der Waals surface area contributed by atoms with Gasteiger partial charge in [0.15, 0.2) is 0 Å². The maximum atomic E-state index is 13.1. The highest BCUT2D eigenvalue weighted by atomic mass is 79.9. The zero-order valence-corrected chi connectivity index (χ0v) is 17.5. The zero-order chi connectivity index (χ0) is 20.9. The van der Waals surface area contributed by atoms with E-state index < -0.39 is 34.9 Å². The third kappa shape index (κ3) is 4.45. The smallest absolute Gasteiger partial charge is 0.416 e. The number of piperazine rings is 1. The maximum absolute atomic E-state index is 13.1. The van der Waals surface area contributed by atoms with Crippen LogP contribution >= 0.6 is 15.9 Å². The van der Waals surface area contributed by atoms with E-state index in [1.807, 2.05) is 0 Å². The molecule has 1 saturated carbocycles. The molecule has 0 N–H and O–H groups in total. The molecular weight excluding hydrogens is 441 g/mol. The Bertz CT molecular complexity index is 801. The minimum atomic E-state index is -4.54. The summed E-state index contributed by atoms with van der Waals surface area (Å²) in [4.78, 5) is 28.5. The van der Waals surface area contributed by atoms with Crippen LogP contribution in [0.5, 0.6) is 0 Å². The number of halogens is 4. The molecule has 1 saturated heterocycles. The molecule has 3 rings (SSSR count). The zero-order valence-electron chi connectivity index (χ0n) is 15.9. The molecule has 28 heavy (non-hydrogen) atoms. The first-order valence-corrected chi connectivity index (χ1v) is 9.78. The van der Waals surface area contributed by atoms with Gasteiger partial charge in [-0.3, -0.25) is 4.79 Å². The van der Waals surface area contributed by atoms with Gasteiger partial charge in [-0.25, -0.2) is 4.79 Å². The van der Waals surface area contributed by atoms with Gasteiger partial charge in [-0.1, -0.05) is 15.9 Å². The molecule has 0 aromatic heterocycles. The minimum Gasteiger partial charge on any atom is -0.444 e. The number of benzene rings is 1. The molecule has 2 aliphatic rings. The third-order valence-corrected chi connectivity index (χ3v) is 5.31. The molecule has 0 unspecified atom stereocenters. The molecule has 9 heteroatoms. The first kappa shape index (κ1) is 21.0. The highest BCUT2D eigenvalue weighted by Crippen LogP contribution is 2.45. The molecule has 1 aromatic rings. The molecule has 0 bridgehead atoms. The highest BCUT2D eigenvalue weighted by molar-refractivity contribution is 9.10. The summed E-state index contributed by atoms with van der Waals surface area (Å²) in [5, 5.41) is 0. The summed E-state index contributed by atoms with van der Waals surface area (Å²) in [6.45, 7) is 6.21. The van der Waals surface area contributed by atoms with Crippen LogP contribution in [0.25, 0.3) is 0 Å². The van der Waals surface area contributed by atoms with Gasteiger partial charge >= 0.3 is 12.3 Å². The van der Waals surface area contributed by atoms with E-state index in [0.29, 0.717) is 19.4 Å². The van der Waals surface area contributed by atoms with Crippen LogP contribution < -0.4 is 0 Å². The van der Waals surface area contributed by atoms with E-state index in [0.717, 1.165) is 12.1 Å². The molecule has 2 fully saturated rings. The average molecular weight is 463 g/mol. The highest BCUT2D eigenvalue weighted by Gasteiger charge is 2.54. The number of nitrogens with zero attached hydrogens (tertiary/aromatic N) is 2. The maximum Gasteiger partial charge on any atom is 0.416 e. The van der Waals surface area contributed by atoms with Crippen molar-refractivity contribution >= 4 is 27.9 Å². The summed E-state index contributed by atoms with van der Waals surface area (Å²) in [5.41, 5.74) is -2.03. The predicted molar refractivity (Wildman–Crippen MR) is 100.0 cm³/mol. The Kier molecular flexibility index (Phi) is 5.19. The first-order chi connectivity index (χ1) is 12.8. The van der Waals surface area contributed by atoms with Gasteiger partial charge in [-0.2, -0.15) is 13.2 Å². The van der Waals surface area contributed by atoms with Gasteiger partial charge in [0.2, 0.25) is 0 Å². The minimum absolute atomic E-state index is 0.0151. The Morgan fingerprint density at radius 3 is 2.29 bits per heavy atom. The SMILES string of the molecule is CC(C)(C)OC(=O)N1CCN(C(=O)c2cc(Br)cc(C(F)(F)F)c2)C2(CC2)C1. The second-order valence-corrected chi connectivity index (χ2v) is 9.23. The first-order valence-electron chi connectivity index (χ1n) is 8.98. The second-order valence-electron chi connectivity index (χ2n) is 8.31. The fourth-order valence-corrected chi connectivity index (χ4v) is 3.88. The number of amides is 2. The van der Waals surface area contributed by atoms with Crippen LogP contribution in [0.4, 0.5) is 18.0 Å². The largest absolute Gasteiger partial charge is 0.444 e. The summed E-state index contributed by atoms with van der Waals surface area (Å²) in [6.07, 6.45) is -3.56. The quantitative estimate of drug-likeness (QED) is 0.607. The van der Waals surface area contributed by atoms with Crippen molar-refractivity contribution in [1.82, 2.24) is 9.80 Å². The molecule has 1 aliphatic carbocycles. The standard InChI is InChI=1S/C19H22BrF3N2O3/c1-17(2,3)28-16(27)24-6-7-25(18(11-24)4-5-18)15(26)12-8-13(19(21,22)23)10-14(20)9-12/h8-10H,4-7,11H2,1-3H3. The van der Waals surface area contributed by atoms with Crippen LogP contribution in [0.1, 0.15) is 49.5 Å². The van der Waals surface area contributed by atoms with Crippen molar-refractivity contribution in [3.63, 3.8) is 0 Å². The van der Waals surface area contributed by atoms with Crippen molar-refractivity contribution in [2.75, 3.05) is 19.6 Å². The van der Waals surface area contributed by atoms with Gasteiger partial charge < -0.3 is 14.5 Å². The van der Waals surface area contributed by atoms with E-state index >= 15 is 0 Å². The molecule has 1 aliphatic heterocycles. The molecule has 1 heterocycles. The summed E-state index contributed by atoms with van der Waals surface area (Å²) < 4.78 is 44.9. The molecule has 2 amide bonds. The fraction of sp³-hybridized carbons (Fsp3) is 0.579. The fourth-order valence-electron chi connectivity index (χ4n) is 3.38. The number of rotatable bonds is 1. The van der Waals surface area contributed by atoms with Crippen molar-refractivity contribution in [3.8, 4) is 0 Å². The van der Waals surface area contributed by atoms with E-state index in [1.54, 1.807) is 30.6 Å². The molecule has 0 atom stereocenters. The number of ether oxygens (including phenoxy) is 1. The number of hydrogen-bond donors (Lipinski definition) is 0. The summed E-state index contributed by atoms with van der Waals surface area (Å²) in [6, 6.07) is 3.22. The lowest BCUT2D eigenvalue weighted by Gasteiger charge is -2.42. The molecule has 1 aromatic carbocycles. The molecular formula is C19H22BrF3N2O3. The van der Waals surface area contributed by atoms with Gasteiger partial charge in [-0.05, 0) is 51.8 Å².